The Morgan fingerprint density at radius 2 is 1.04 bits per heavy atom. The van der Waals surface area contributed by atoms with Crippen molar-refractivity contribution < 1.29 is 0 Å². The number of benzene rings is 7. The molecule has 2 aromatic heterocycles. The van der Waals surface area contributed by atoms with Crippen molar-refractivity contribution in [2.75, 3.05) is 0 Å². The summed E-state index contributed by atoms with van der Waals surface area (Å²) in [5, 5.41) is 3.52. The Morgan fingerprint density at radius 3 is 1.87 bits per heavy atom. The van der Waals surface area contributed by atoms with E-state index in [9.17, 15) is 0 Å². The molecule has 210 valence electrons. The Hall–Kier alpha value is -6.06. The molecule has 0 aliphatic rings. The van der Waals surface area contributed by atoms with E-state index in [4.69, 9.17) is 9.97 Å². The van der Waals surface area contributed by atoms with Crippen LogP contribution in [0.2, 0.25) is 0 Å². The smallest absolute Gasteiger partial charge is 0.165 e. The molecule has 9 aromatic rings. The number of rotatable bonds is 4. The highest BCUT2D eigenvalue weighted by atomic mass is 15.1. The van der Waals surface area contributed by atoms with Crippen LogP contribution in [0.25, 0.3) is 82.9 Å². The molecule has 9 rings (SSSR count). The zero-order chi connectivity index (χ0) is 29.7. The number of fused-ring (bicyclic) bond motifs is 5. The van der Waals surface area contributed by atoms with E-state index in [1.165, 1.54) is 33.0 Å². The minimum atomic E-state index is 0.869. The summed E-state index contributed by atoms with van der Waals surface area (Å²) < 4.78 is 2.24. The van der Waals surface area contributed by atoms with E-state index in [0.29, 0.717) is 0 Å². The van der Waals surface area contributed by atoms with Gasteiger partial charge in [-0.2, -0.15) is 0 Å². The topological polar surface area (TPSA) is 30.7 Å². The molecule has 0 radical (unpaired) electrons. The predicted molar refractivity (Wildman–Crippen MR) is 188 cm³/mol. The highest BCUT2D eigenvalue weighted by Crippen LogP contribution is 2.35. The first kappa shape index (κ1) is 25.4. The lowest BCUT2D eigenvalue weighted by Gasteiger charge is -2.11. The Morgan fingerprint density at radius 1 is 0.400 bits per heavy atom. The van der Waals surface area contributed by atoms with E-state index in [1.54, 1.807) is 0 Å². The van der Waals surface area contributed by atoms with Crippen LogP contribution in [-0.4, -0.2) is 14.5 Å². The van der Waals surface area contributed by atoms with Gasteiger partial charge in [0.2, 0.25) is 0 Å². The number of aromatic nitrogens is 3. The molecule has 7 aromatic carbocycles. The zero-order valence-electron chi connectivity index (χ0n) is 24.4. The Labute approximate surface area is 260 Å². The third-order valence-corrected chi connectivity index (χ3v) is 8.79. The van der Waals surface area contributed by atoms with E-state index >= 15 is 0 Å². The van der Waals surface area contributed by atoms with Gasteiger partial charge in [-0.05, 0) is 74.5 Å². The molecule has 0 spiro atoms. The monoisotopic (exact) mass is 573 g/mol. The van der Waals surface area contributed by atoms with Gasteiger partial charge in [0.25, 0.3) is 0 Å². The molecule has 0 aliphatic carbocycles. The molecule has 0 fully saturated rings. The summed E-state index contributed by atoms with van der Waals surface area (Å²) in [5.41, 5.74) is 12.9. The summed E-state index contributed by atoms with van der Waals surface area (Å²) in [7, 11) is 0. The maximum atomic E-state index is 5.23. The van der Waals surface area contributed by atoms with Crippen molar-refractivity contribution in [1.82, 2.24) is 14.5 Å². The second-order valence-electron chi connectivity index (χ2n) is 11.5. The zero-order valence-corrected chi connectivity index (χ0v) is 24.4. The van der Waals surface area contributed by atoms with Crippen LogP contribution in [0, 0.1) is 0 Å². The third kappa shape index (κ3) is 4.29. The van der Waals surface area contributed by atoms with E-state index < -0.39 is 0 Å². The van der Waals surface area contributed by atoms with Crippen molar-refractivity contribution in [1.29, 1.82) is 0 Å². The fraction of sp³-hybridized carbons (Fsp3) is 0. The van der Waals surface area contributed by atoms with Gasteiger partial charge in [0.05, 0.1) is 16.6 Å². The Balaban J connectivity index is 1.14. The summed E-state index contributed by atoms with van der Waals surface area (Å²) in [6, 6.07) is 57.9. The fourth-order valence-electron chi connectivity index (χ4n) is 6.57. The quantitative estimate of drug-likeness (QED) is 0.210. The van der Waals surface area contributed by atoms with Crippen LogP contribution in [0.5, 0.6) is 0 Å². The maximum Gasteiger partial charge on any atom is 0.165 e. The van der Waals surface area contributed by atoms with Crippen molar-refractivity contribution in [2.24, 2.45) is 0 Å². The molecule has 0 unspecified atom stereocenters. The molecule has 0 bridgehead atoms. The molecule has 0 saturated heterocycles. The molecule has 0 aliphatic heterocycles. The summed E-state index contributed by atoms with van der Waals surface area (Å²) in [4.78, 5) is 10.4. The van der Waals surface area contributed by atoms with E-state index in [-0.39, 0.29) is 0 Å². The van der Waals surface area contributed by atoms with Crippen molar-refractivity contribution >= 4 is 43.9 Å². The normalized spacial score (nSPS) is 11.6. The minimum absolute atomic E-state index is 0.869. The van der Waals surface area contributed by atoms with Crippen LogP contribution in [0.1, 0.15) is 0 Å². The first-order valence-corrected chi connectivity index (χ1v) is 15.3. The number of para-hydroxylation sites is 1. The van der Waals surface area contributed by atoms with Gasteiger partial charge in [-0.25, -0.2) is 9.97 Å². The molecular weight excluding hydrogens is 546 g/mol. The summed E-state index contributed by atoms with van der Waals surface area (Å²) in [6.45, 7) is 0. The molecule has 0 N–H and O–H groups in total. The van der Waals surface area contributed by atoms with Crippen LogP contribution < -0.4 is 0 Å². The van der Waals surface area contributed by atoms with Gasteiger partial charge < -0.3 is 0 Å². The molecular formula is C42H27N3. The van der Waals surface area contributed by atoms with Gasteiger partial charge in [0, 0.05) is 11.1 Å². The highest BCUT2D eigenvalue weighted by Gasteiger charge is 2.16. The fourth-order valence-corrected chi connectivity index (χ4v) is 6.57. The third-order valence-electron chi connectivity index (χ3n) is 8.79. The Kier molecular flexibility index (Phi) is 5.82. The highest BCUT2D eigenvalue weighted by molar-refractivity contribution is 6.08. The molecule has 0 saturated carbocycles. The SMILES string of the molecule is c1ccc(-c2ccccc2-c2ccc(-c3ccc4nc5c(nc4c3)c3ccccc3n5-c3ccc4ccccc4c3)cc2)cc1. The number of hydrogen-bond donors (Lipinski definition) is 0. The van der Waals surface area contributed by atoms with Crippen LogP contribution in [0.3, 0.4) is 0 Å². The lowest BCUT2D eigenvalue weighted by molar-refractivity contribution is 1.14. The number of hydrogen-bond acceptors (Lipinski definition) is 2. The van der Waals surface area contributed by atoms with Crippen molar-refractivity contribution in [2.45, 2.75) is 0 Å². The summed E-state index contributed by atoms with van der Waals surface area (Å²) in [5.74, 6) is 0. The molecule has 45 heavy (non-hydrogen) atoms. The van der Waals surface area contributed by atoms with Crippen LogP contribution in [0.4, 0.5) is 0 Å². The maximum absolute atomic E-state index is 5.23. The largest absolute Gasteiger partial charge is 0.293 e. The van der Waals surface area contributed by atoms with Gasteiger partial charge >= 0.3 is 0 Å². The average molecular weight is 574 g/mol. The van der Waals surface area contributed by atoms with Gasteiger partial charge in [0.15, 0.2) is 5.65 Å². The molecule has 0 atom stereocenters. The predicted octanol–water partition coefficient (Wildman–Crippen LogP) is 10.9. The second-order valence-corrected chi connectivity index (χ2v) is 11.5. The van der Waals surface area contributed by atoms with E-state index in [1.807, 2.05) is 0 Å². The van der Waals surface area contributed by atoms with E-state index in [2.05, 4.69) is 168 Å². The van der Waals surface area contributed by atoms with E-state index in [0.717, 1.165) is 49.9 Å². The molecule has 3 nitrogen and oxygen atoms in total. The van der Waals surface area contributed by atoms with Crippen LogP contribution >= 0.6 is 0 Å². The van der Waals surface area contributed by atoms with Gasteiger partial charge in [0.1, 0.15) is 5.52 Å². The number of nitrogens with zero attached hydrogens (tertiary/aromatic N) is 3. The first-order valence-electron chi connectivity index (χ1n) is 15.3. The minimum Gasteiger partial charge on any atom is -0.293 e. The van der Waals surface area contributed by atoms with Crippen molar-refractivity contribution in [3.63, 3.8) is 0 Å². The molecule has 2 heterocycles. The van der Waals surface area contributed by atoms with Crippen molar-refractivity contribution in [3.05, 3.63) is 164 Å². The summed E-state index contributed by atoms with van der Waals surface area (Å²) in [6.07, 6.45) is 0. The van der Waals surface area contributed by atoms with Crippen LogP contribution in [0.15, 0.2) is 164 Å². The lowest BCUT2D eigenvalue weighted by atomic mass is 9.93. The van der Waals surface area contributed by atoms with Gasteiger partial charge in [-0.3, -0.25) is 4.57 Å². The average Bonchev–Trinajstić information content (AvgIpc) is 3.43. The van der Waals surface area contributed by atoms with Crippen LogP contribution in [-0.2, 0) is 0 Å². The Bertz CT molecular complexity index is 2530. The van der Waals surface area contributed by atoms with Crippen molar-refractivity contribution in [3.8, 4) is 39.1 Å². The summed E-state index contributed by atoms with van der Waals surface area (Å²) >= 11 is 0. The standard InChI is InChI=1S/C42H27N3/c1-2-11-30(12-3-1)35-14-6-7-15-36(35)31-20-18-29(19-21-31)33-23-25-38-39(27-33)43-41-37-16-8-9-17-40(37)45(42(41)44-38)34-24-22-28-10-4-5-13-32(28)26-34/h1-27H. The molecule has 3 heteroatoms. The lowest BCUT2D eigenvalue weighted by Crippen LogP contribution is -1.96. The second kappa shape index (κ2) is 10.3. The van der Waals surface area contributed by atoms with Gasteiger partial charge in [-0.1, -0.05) is 133 Å². The van der Waals surface area contributed by atoms with Gasteiger partial charge in [-0.15, -0.1) is 0 Å². The molecule has 0 amide bonds. The first-order chi connectivity index (χ1) is 22.3.